The van der Waals surface area contributed by atoms with Crippen molar-refractivity contribution >= 4 is 34.3 Å². The Morgan fingerprint density at radius 3 is 2.83 bits per heavy atom. The van der Waals surface area contributed by atoms with Gasteiger partial charge in [0.15, 0.2) is 0 Å². The van der Waals surface area contributed by atoms with Gasteiger partial charge in [0.1, 0.15) is 10.7 Å². The summed E-state index contributed by atoms with van der Waals surface area (Å²) in [6, 6.07) is 6.89. The van der Waals surface area contributed by atoms with Gasteiger partial charge in [-0.15, -0.1) is 11.3 Å². The maximum Gasteiger partial charge on any atom is 0.310 e. The minimum atomic E-state index is -0.466. The van der Waals surface area contributed by atoms with Gasteiger partial charge in [0.25, 0.3) is 0 Å². The Balaban J connectivity index is 2.22. The molecule has 18 heavy (non-hydrogen) atoms. The number of para-hydroxylation sites is 1. The maximum absolute atomic E-state index is 11.0. The summed E-state index contributed by atoms with van der Waals surface area (Å²) in [4.78, 5) is 11.6. The molecule has 0 fully saturated rings. The first-order valence-electron chi connectivity index (χ1n) is 5.29. The average Bonchev–Trinajstić information content (AvgIpc) is 2.71. The third kappa shape index (κ3) is 2.63. The van der Waals surface area contributed by atoms with Crippen molar-refractivity contribution in [3.63, 3.8) is 0 Å². The zero-order valence-electron chi connectivity index (χ0n) is 9.64. The van der Waals surface area contributed by atoms with E-state index >= 15 is 0 Å². The van der Waals surface area contributed by atoms with Crippen molar-refractivity contribution in [1.82, 2.24) is 0 Å². The number of benzene rings is 1. The number of aryl methyl sites for hydroxylation is 1. The molecule has 1 heterocycles. The lowest BCUT2D eigenvalue weighted by atomic mass is 10.2. The average molecular weight is 283 g/mol. The van der Waals surface area contributed by atoms with Crippen molar-refractivity contribution in [1.29, 1.82) is 0 Å². The van der Waals surface area contributed by atoms with Gasteiger partial charge in [0.2, 0.25) is 0 Å². The molecule has 0 saturated heterocycles. The summed E-state index contributed by atoms with van der Waals surface area (Å²) in [5.74, 6) is 0. The van der Waals surface area contributed by atoms with Crippen LogP contribution in [-0.2, 0) is 6.54 Å². The minimum Gasteiger partial charge on any atom is -0.375 e. The zero-order valence-corrected chi connectivity index (χ0v) is 11.2. The molecule has 1 aromatic carbocycles. The Hall–Kier alpha value is -1.59. The molecule has 1 aromatic heterocycles. The lowest BCUT2D eigenvalue weighted by molar-refractivity contribution is -0.383. The predicted molar refractivity (Wildman–Crippen MR) is 74.5 cm³/mol. The summed E-state index contributed by atoms with van der Waals surface area (Å²) in [5.41, 5.74) is 1.55. The molecular weight excluding hydrogens is 272 g/mol. The number of nitrogens with one attached hydrogen (secondary N) is 1. The summed E-state index contributed by atoms with van der Waals surface area (Å²) in [7, 11) is 0. The van der Waals surface area contributed by atoms with Gasteiger partial charge in [0, 0.05) is 11.4 Å². The number of anilines is 1. The number of rotatable bonds is 4. The van der Waals surface area contributed by atoms with Gasteiger partial charge in [-0.2, -0.15) is 0 Å². The van der Waals surface area contributed by atoms with E-state index in [1.165, 1.54) is 11.6 Å². The number of thiophene rings is 1. The van der Waals surface area contributed by atoms with Crippen LogP contribution in [-0.4, -0.2) is 4.92 Å². The van der Waals surface area contributed by atoms with E-state index in [9.17, 15) is 10.1 Å². The monoisotopic (exact) mass is 282 g/mol. The number of nitrogens with zero attached hydrogens (tertiary/aromatic N) is 1. The molecule has 0 aliphatic rings. The van der Waals surface area contributed by atoms with E-state index in [0.29, 0.717) is 12.2 Å². The summed E-state index contributed by atoms with van der Waals surface area (Å²) in [6.07, 6.45) is 0. The number of nitro benzene ring substituents is 1. The quantitative estimate of drug-likeness (QED) is 0.674. The number of hydrogen-bond acceptors (Lipinski definition) is 4. The molecule has 0 spiro atoms. The molecule has 6 heteroatoms. The Labute approximate surface area is 113 Å². The van der Waals surface area contributed by atoms with E-state index in [-0.39, 0.29) is 10.7 Å². The van der Waals surface area contributed by atoms with Gasteiger partial charge < -0.3 is 5.32 Å². The molecule has 0 radical (unpaired) electrons. The molecule has 94 valence electrons. The fraction of sp³-hybridized carbons (Fsp3) is 0.167. The molecule has 4 nitrogen and oxygen atoms in total. The fourth-order valence-corrected chi connectivity index (χ4v) is 2.69. The lowest BCUT2D eigenvalue weighted by Crippen LogP contribution is -2.02. The molecule has 0 aliphatic heterocycles. The topological polar surface area (TPSA) is 55.2 Å². The normalized spacial score (nSPS) is 10.3. The lowest BCUT2D eigenvalue weighted by Gasteiger charge is -2.07. The zero-order chi connectivity index (χ0) is 13.1. The van der Waals surface area contributed by atoms with Crippen LogP contribution in [0.2, 0.25) is 5.02 Å². The summed E-state index contributed by atoms with van der Waals surface area (Å²) in [5, 5.41) is 16.2. The smallest absolute Gasteiger partial charge is 0.310 e. The molecule has 1 N–H and O–H groups in total. The van der Waals surface area contributed by atoms with Crippen molar-refractivity contribution in [3.05, 3.63) is 55.2 Å². The Bertz CT molecular complexity index is 583. The number of hydrogen-bond donors (Lipinski definition) is 1. The van der Waals surface area contributed by atoms with Crippen LogP contribution in [0.25, 0.3) is 0 Å². The van der Waals surface area contributed by atoms with Gasteiger partial charge >= 0.3 is 5.69 Å². The van der Waals surface area contributed by atoms with E-state index in [1.54, 1.807) is 23.5 Å². The third-order valence-corrected chi connectivity index (χ3v) is 3.90. The third-order valence-electron chi connectivity index (χ3n) is 2.58. The molecule has 0 atom stereocenters. The van der Waals surface area contributed by atoms with Crippen LogP contribution in [0.3, 0.4) is 0 Å². The highest BCUT2D eigenvalue weighted by atomic mass is 35.5. The van der Waals surface area contributed by atoms with Gasteiger partial charge in [-0.1, -0.05) is 17.7 Å². The first-order valence-corrected chi connectivity index (χ1v) is 6.55. The number of nitro groups is 1. The second-order valence-corrected chi connectivity index (χ2v) is 5.18. The summed E-state index contributed by atoms with van der Waals surface area (Å²) < 4.78 is 0. The standard InChI is InChI=1S/C12H11ClN2O2S/c1-8-5-6-18-11(8)7-14-10-4-2-3-9(13)12(10)15(16)17/h2-6,14H,7H2,1H3. The summed E-state index contributed by atoms with van der Waals surface area (Å²) in [6.45, 7) is 2.57. The molecule has 0 saturated carbocycles. The molecule has 0 amide bonds. The van der Waals surface area contributed by atoms with Gasteiger partial charge in [-0.3, -0.25) is 10.1 Å². The van der Waals surface area contributed by atoms with E-state index in [4.69, 9.17) is 11.6 Å². The number of halogens is 1. The second-order valence-electron chi connectivity index (χ2n) is 3.77. The van der Waals surface area contributed by atoms with Crippen LogP contribution in [0, 0.1) is 17.0 Å². The van der Waals surface area contributed by atoms with Gasteiger partial charge in [-0.05, 0) is 36.1 Å². The van der Waals surface area contributed by atoms with Crippen molar-refractivity contribution in [3.8, 4) is 0 Å². The first-order chi connectivity index (χ1) is 8.59. The van der Waals surface area contributed by atoms with E-state index < -0.39 is 4.92 Å². The molecule has 0 unspecified atom stereocenters. The molecule has 2 rings (SSSR count). The Kier molecular flexibility index (Phi) is 3.84. The van der Waals surface area contributed by atoms with Crippen molar-refractivity contribution in [2.24, 2.45) is 0 Å². The first kappa shape index (κ1) is 12.9. The second kappa shape index (κ2) is 5.37. The van der Waals surface area contributed by atoms with Crippen LogP contribution < -0.4 is 5.32 Å². The van der Waals surface area contributed by atoms with Gasteiger partial charge in [-0.25, -0.2) is 0 Å². The minimum absolute atomic E-state index is 0.0756. The van der Waals surface area contributed by atoms with Crippen LogP contribution in [0.15, 0.2) is 29.6 Å². The molecule has 0 bridgehead atoms. The van der Waals surface area contributed by atoms with Crippen LogP contribution in [0.4, 0.5) is 11.4 Å². The Morgan fingerprint density at radius 1 is 1.44 bits per heavy atom. The van der Waals surface area contributed by atoms with Gasteiger partial charge in [0.05, 0.1) is 4.92 Å². The van der Waals surface area contributed by atoms with E-state index in [2.05, 4.69) is 5.32 Å². The highest BCUT2D eigenvalue weighted by Gasteiger charge is 2.18. The SMILES string of the molecule is Cc1ccsc1CNc1cccc(Cl)c1[N+](=O)[O-]. The van der Waals surface area contributed by atoms with Crippen molar-refractivity contribution in [2.75, 3.05) is 5.32 Å². The molecule has 2 aromatic rings. The van der Waals surface area contributed by atoms with Crippen LogP contribution >= 0.6 is 22.9 Å². The summed E-state index contributed by atoms with van der Waals surface area (Å²) >= 11 is 7.46. The fourth-order valence-electron chi connectivity index (χ4n) is 1.60. The van der Waals surface area contributed by atoms with Crippen LogP contribution in [0.5, 0.6) is 0 Å². The Morgan fingerprint density at radius 2 is 2.22 bits per heavy atom. The predicted octanol–water partition coefficient (Wildman–Crippen LogP) is 4.23. The van der Waals surface area contributed by atoms with Crippen molar-refractivity contribution in [2.45, 2.75) is 13.5 Å². The highest BCUT2D eigenvalue weighted by molar-refractivity contribution is 7.10. The molecule has 0 aliphatic carbocycles. The highest BCUT2D eigenvalue weighted by Crippen LogP contribution is 2.32. The maximum atomic E-state index is 11.0. The van der Waals surface area contributed by atoms with E-state index in [1.807, 2.05) is 18.4 Å². The largest absolute Gasteiger partial charge is 0.375 e. The van der Waals surface area contributed by atoms with Crippen molar-refractivity contribution < 1.29 is 4.92 Å². The van der Waals surface area contributed by atoms with Crippen LogP contribution in [0.1, 0.15) is 10.4 Å². The molecular formula is C12H11ClN2O2S. The van der Waals surface area contributed by atoms with E-state index in [0.717, 1.165) is 4.88 Å².